The molecule has 1 aliphatic heterocycles. The van der Waals surface area contributed by atoms with Gasteiger partial charge in [-0.05, 0) is 44.5 Å². The summed E-state index contributed by atoms with van der Waals surface area (Å²) in [6.45, 7) is 5.22. The molecule has 1 N–H and O–H groups in total. The van der Waals surface area contributed by atoms with Crippen LogP contribution in [0.4, 0.5) is 0 Å². The van der Waals surface area contributed by atoms with Crippen molar-refractivity contribution < 1.29 is 0 Å². The van der Waals surface area contributed by atoms with E-state index in [2.05, 4.69) is 16.5 Å². The Balaban J connectivity index is 1.56. The molecule has 82 valence electrons. The first-order chi connectivity index (χ1) is 6.88. The number of hydrogen-bond donors (Lipinski definition) is 1. The minimum absolute atomic E-state index is 0.884. The summed E-state index contributed by atoms with van der Waals surface area (Å²) in [7, 11) is 0. The topological polar surface area (TPSA) is 15.3 Å². The van der Waals surface area contributed by atoms with E-state index in [0.717, 1.165) is 12.0 Å². The van der Waals surface area contributed by atoms with Crippen molar-refractivity contribution in [2.75, 3.05) is 38.2 Å². The van der Waals surface area contributed by atoms with Crippen molar-refractivity contribution in [3.8, 4) is 0 Å². The molecule has 0 aromatic rings. The Morgan fingerprint density at radius 3 is 2.93 bits per heavy atom. The van der Waals surface area contributed by atoms with Crippen LogP contribution in [0.5, 0.6) is 0 Å². The van der Waals surface area contributed by atoms with E-state index in [-0.39, 0.29) is 0 Å². The quantitative estimate of drug-likeness (QED) is 0.720. The average Bonchev–Trinajstić information content (AvgIpc) is 2.92. The third-order valence-corrected chi connectivity index (χ3v) is 3.84. The summed E-state index contributed by atoms with van der Waals surface area (Å²) in [6.07, 6.45) is 6.45. The number of nitrogens with zero attached hydrogens (tertiary/aromatic N) is 1. The van der Waals surface area contributed by atoms with Gasteiger partial charge in [0.05, 0.1) is 0 Å². The Labute approximate surface area is 91.8 Å². The van der Waals surface area contributed by atoms with Gasteiger partial charge < -0.3 is 10.2 Å². The summed E-state index contributed by atoms with van der Waals surface area (Å²) in [5, 5.41) is 3.64. The summed E-state index contributed by atoms with van der Waals surface area (Å²) in [4.78, 5) is 2.62. The molecule has 14 heavy (non-hydrogen) atoms. The van der Waals surface area contributed by atoms with Crippen LogP contribution in [0.2, 0.25) is 0 Å². The highest BCUT2D eigenvalue weighted by Gasteiger charge is 2.25. The largest absolute Gasteiger partial charge is 0.314 e. The minimum atomic E-state index is 0.884. The Hall–Kier alpha value is 0.270. The molecule has 0 bridgehead atoms. The van der Waals surface area contributed by atoms with Gasteiger partial charge in [0.1, 0.15) is 0 Å². The smallest absolute Gasteiger partial charge is 0.00724 e. The maximum atomic E-state index is 3.64. The van der Waals surface area contributed by atoms with Gasteiger partial charge in [-0.3, -0.25) is 0 Å². The molecule has 2 aliphatic rings. The fourth-order valence-electron chi connectivity index (χ4n) is 2.12. The molecule has 1 atom stereocenters. The highest BCUT2D eigenvalue weighted by atomic mass is 32.2. The lowest BCUT2D eigenvalue weighted by molar-refractivity contribution is 0.341. The van der Waals surface area contributed by atoms with E-state index in [0.29, 0.717) is 0 Å². The first-order valence-corrected chi connectivity index (χ1v) is 7.22. The Morgan fingerprint density at radius 2 is 2.21 bits per heavy atom. The van der Waals surface area contributed by atoms with Crippen LogP contribution < -0.4 is 5.32 Å². The van der Waals surface area contributed by atoms with Gasteiger partial charge in [0, 0.05) is 24.9 Å². The zero-order chi connectivity index (χ0) is 9.80. The maximum Gasteiger partial charge on any atom is 0.00724 e. The first kappa shape index (κ1) is 10.8. The van der Waals surface area contributed by atoms with Gasteiger partial charge in [-0.15, -0.1) is 0 Å². The molecule has 2 nitrogen and oxygen atoms in total. The normalized spacial score (nSPS) is 28.5. The second-order valence-corrected chi connectivity index (χ2v) is 5.62. The molecular weight excluding hydrogens is 192 g/mol. The lowest BCUT2D eigenvalue weighted by Gasteiger charge is -2.15. The second-order valence-electron chi connectivity index (χ2n) is 4.63. The highest BCUT2D eigenvalue weighted by molar-refractivity contribution is 7.98. The van der Waals surface area contributed by atoms with Gasteiger partial charge in [-0.1, -0.05) is 0 Å². The van der Waals surface area contributed by atoms with Gasteiger partial charge >= 0.3 is 0 Å². The van der Waals surface area contributed by atoms with E-state index in [4.69, 9.17) is 0 Å². The van der Waals surface area contributed by atoms with Crippen LogP contribution >= 0.6 is 11.8 Å². The Morgan fingerprint density at radius 1 is 1.36 bits per heavy atom. The fourth-order valence-corrected chi connectivity index (χ4v) is 2.56. The van der Waals surface area contributed by atoms with Crippen molar-refractivity contribution in [3.05, 3.63) is 0 Å². The minimum Gasteiger partial charge on any atom is -0.314 e. The SMILES string of the molecule is CSCCN1CCC(CNC2CC2)C1. The molecule has 1 heterocycles. The van der Waals surface area contributed by atoms with Crippen LogP contribution in [-0.2, 0) is 0 Å². The van der Waals surface area contributed by atoms with E-state index in [1.165, 1.54) is 51.2 Å². The summed E-state index contributed by atoms with van der Waals surface area (Å²) < 4.78 is 0. The molecule has 1 aliphatic carbocycles. The van der Waals surface area contributed by atoms with Crippen molar-refractivity contribution in [2.24, 2.45) is 5.92 Å². The van der Waals surface area contributed by atoms with Crippen LogP contribution in [0.1, 0.15) is 19.3 Å². The average molecular weight is 214 g/mol. The van der Waals surface area contributed by atoms with Crippen LogP contribution in [0.25, 0.3) is 0 Å². The molecule has 0 radical (unpaired) electrons. The van der Waals surface area contributed by atoms with E-state index >= 15 is 0 Å². The van der Waals surface area contributed by atoms with Crippen molar-refractivity contribution in [3.63, 3.8) is 0 Å². The van der Waals surface area contributed by atoms with Gasteiger partial charge in [0.25, 0.3) is 0 Å². The van der Waals surface area contributed by atoms with E-state index < -0.39 is 0 Å². The predicted molar refractivity (Wildman–Crippen MR) is 64.0 cm³/mol. The summed E-state index contributed by atoms with van der Waals surface area (Å²) in [6, 6.07) is 0.884. The van der Waals surface area contributed by atoms with Crippen molar-refractivity contribution in [1.82, 2.24) is 10.2 Å². The molecule has 0 amide bonds. The predicted octanol–water partition coefficient (Wildman–Crippen LogP) is 1.42. The first-order valence-electron chi connectivity index (χ1n) is 5.83. The van der Waals surface area contributed by atoms with Crippen molar-refractivity contribution in [2.45, 2.75) is 25.3 Å². The number of likely N-dealkylation sites (tertiary alicyclic amines) is 1. The Bertz CT molecular complexity index is 171. The van der Waals surface area contributed by atoms with E-state index in [1.54, 1.807) is 0 Å². The lowest BCUT2D eigenvalue weighted by atomic mass is 10.1. The van der Waals surface area contributed by atoms with Crippen LogP contribution in [0.15, 0.2) is 0 Å². The molecule has 1 saturated heterocycles. The Kier molecular flexibility index (Phi) is 4.14. The number of nitrogens with one attached hydrogen (secondary N) is 1. The summed E-state index contributed by atoms with van der Waals surface area (Å²) >= 11 is 1.96. The lowest BCUT2D eigenvalue weighted by Crippen LogP contribution is -2.28. The van der Waals surface area contributed by atoms with E-state index in [1.807, 2.05) is 11.8 Å². The molecule has 2 rings (SSSR count). The number of rotatable bonds is 6. The molecule has 0 aromatic carbocycles. The van der Waals surface area contributed by atoms with Crippen molar-refractivity contribution >= 4 is 11.8 Å². The number of hydrogen-bond acceptors (Lipinski definition) is 3. The van der Waals surface area contributed by atoms with Crippen LogP contribution in [0, 0.1) is 5.92 Å². The molecule has 3 heteroatoms. The fraction of sp³-hybridized carbons (Fsp3) is 1.00. The van der Waals surface area contributed by atoms with Crippen LogP contribution in [0.3, 0.4) is 0 Å². The van der Waals surface area contributed by atoms with E-state index in [9.17, 15) is 0 Å². The third-order valence-electron chi connectivity index (χ3n) is 3.25. The second kappa shape index (κ2) is 5.38. The zero-order valence-electron chi connectivity index (χ0n) is 9.17. The standard InChI is InChI=1S/C11H22N2S/c1-14-7-6-13-5-4-10(9-13)8-12-11-2-3-11/h10-12H,2-9H2,1H3. The molecule has 0 aromatic heterocycles. The highest BCUT2D eigenvalue weighted by Crippen LogP contribution is 2.21. The maximum absolute atomic E-state index is 3.64. The molecule has 2 fully saturated rings. The molecule has 0 spiro atoms. The molecule has 1 saturated carbocycles. The van der Waals surface area contributed by atoms with Crippen LogP contribution in [-0.4, -0.2) is 49.1 Å². The summed E-state index contributed by atoms with van der Waals surface area (Å²) in [5.74, 6) is 2.22. The monoisotopic (exact) mass is 214 g/mol. The third kappa shape index (κ3) is 3.44. The molecule has 1 unspecified atom stereocenters. The van der Waals surface area contributed by atoms with Gasteiger partial charge in [-0.25, -0.2) is 0 Å². The number of thioether (sulfide) groups is 1. The van der Waals surface area contributed by atoms with Gasteiger partial charge in [0.2, 0.25) is 0 Å². The van der Waals surface area contributed by atoms with Gasteiger partial charge in [-0.2, -0.15) is 11.8 Å². The summed E-state index contributed by atoms with van der Waals surface area (Å²) in [5.41, 5.74) is 0. The van der Waals surface area contributed by atoms with Gasteiger partial charge in [0.15, 0.2) is 0 Å². The molecular formula is C11H22N2S. The van der Waals surface area contributed by atoms with Crippen molar-refractivity contribution in [1.29, 1.82) is 0 Å². The zero-order valence-corrected chi connectivity index (χ0v) is 9.98.